The summed E-state index contributed by atoms with van der Waals surface area (Å²) in [7, 11) is 0. The lowest BCUT2D eigenvalue weighted by Crippen LogP contribution is -2.53. The Hall–Kier alpha value is -0.980. The zero-order valence-electron chi connectivity index (χ0n) is 12.0. The second-order valence-electron chi connectivity index (χ2n) is 7.12. The van der Waals surface area contributed by atoms with Crippen LogP contribution >= 0.6 is 0 Å². The minimum atomic E-state index is 0.0456. The van der Waals surface area contributed by atoms with Gasteiger partial charge in [-0.1, -0.05) is 31.5 Å². The van der Waals surface area contributed by atoms with Crippen LogP contribution in [0.4, 0.5) is 0 Å². The van der Waals surface area contributed by atoms with Crippen LogP contribution in [-0.2, 0) is 6.42 Å². The maximum atomic E-state index is 6.41. The predicted octanol–water partition coefficient (Wildman–Crippen LogP) is 4.51. The molecule has 0 saturated heterocycles. The van der Waals surface area contributed by atoms with Crippen LogP contribution in [0.1, 0.15) is 51.2 Å². The van der Waals surface area contributed by atoms with Crippen LogP contribution in [0, 0.1) is 18.3 Å². The van der Waals surface area contributed by atoms with Gasteiger partial charge in [0, 0.05) is 5.92 Å². The van der Waals surface area contributed by atoms with Gasteiger partial charge < -0.3 is 4.74 Å². The van der Waals surface area contributed by atoms with Crippen molar-refractivity contribution in [2.75, 3.05) is 0 Å². The van der Waals surface area contributed by atoms with Crippen molar-refractivity contribution in [1.29, 1.82) is 0 Å². The van der Waals surface area contributed by atoms with Crippen molar-refractivity contribution in [2.45, 2.75) is 59.0 Å². The Morgan fingerprint density at radius 3 is 2.72 bits per heavy atom. The molecule has 0 N–H and O–H groups in total. The lowest BCUT2D eigenvalue weighted by atomic mass is 9.59. The summed E-state index contributed by atoms with van der Waals surface area (Å²) in [6.45, 7) is 9.32. The SMILES string of the molecule is Cc1ccc2c(c1)C[C@H]1C(C)(C)CCC[C@]1(C)O2. The van der Waals surface area contributed by atoms with Crippen molar-refractivity contribution in [2.24, 2.45) is 11.3 Å². The molecule has 1 nitrogen and oxygen atoms in total. The first-order valence-electron chi connectivity index (χ1n) is 7.19. The van der Waals surface area contributed by atoms with Crippen molar-refractivity contribution in [3.63, 3.8) is 0 Å². The van der Waals surface area contributed by atoms with Crippen molar-refractivity contribution >= 4 is 0 Å². The molecule has 1 heteroatoms. The number of aryl methyl sites for hydroxylation is 1. The van der Waals surface area contributed by atoms with E-state index in [2.05, 4.69) is 45.9 Å². The lowest BCUT2D eigenvalue weighted by Gasteiger charge is -2.53. The molecule has 1 aromatic rings. The van der Waals surface area contributed by atoms with Gasteiger partial charge in [-0.25, -0.2) is 0 Å². The first-order chi connectivity index (χ1) is 8.41. The monoisotopic (exact) mass is 244 g/mol. The highest BCUT2D eigenvalue weighted by atomic mass is 16.5. The normalized spacial score (nSPS) is 33.2. The number of hydrogen-bond acceptors (Lipinski definition) is 1. The van der Waals surface area contributed by atoms with E-state index in [9.17, 15) is 0 Å². The number of rotatable bonds is 0. The molecular weight excluding hydrogens is 220 g/mol. The second kappa shape index (κ2) is 3.76. The molecule has 1 heterocycles. The quantitative estimate of drug-likeness (QED) is 0.652. The predicted molar refractivity (Wildman–Crippen MR) is 75.0 cm³/mol. The van der Waals surface area contributed by atoms with E-state index in [1.54, 1.807) is 0 Å². The molecule has 1 aliphatic carbocycles. The molecule has 1 aromatic carbocycles. The van der Waals surface area contributed by atoms with E-state index in [-0.39, 0.29) is 5.60 Å². The second-order valence-corrected chi connectivity index (χ2v) is 7.12. The number of ether oxygens (including phenoxy) is 1. The van der Waals surface area contributed by atoms with Gasteiger partial charge in [-0.2, -0.15) is 0 Å². The molecule has 0 aromatic heterocycles. The Morgan fingerprint density at radius 2 is 1.94 bits per heavy atom. The van der Waals surface area contributed by atoms with Gasteiger partial charge in [0.2, 0.25) is 0 Å². The topological polar surface area (TPSA) is 9.23 Å². The van der Waals surface area contributed by atoms with Gasteiger partial charge in [-0.3, -0.25) is 0 Å². The molecule has 0 amide bonds. The van der Waals surface area contributed by atoms with Gasteiger partial charge in [0.25, 0.3) is 0 Å². The fraction of sp³-hybridized carbons (Fsp3) is 0.647. The minimum absolute atomic E-state index is 0.0456. The van der Waals surface area contributed by atoms with Gasteiger partial charge in [0.15, 0.2) is 0 Å². The molecule has 1 saturated carbocycles. The summed E-state index contributed by atoms with van der Waals surface area (Å²) in [4.78, 5) is 0. The smallest absolute Gasteiger partial charge is 0.123 e. The fourth-order valence-electron chi connectivity index (χ4n) is 4.12. The molecular formula is C17H24O. The average molecular weight is 244 g/mol. The number of benzene rings is 1. The maximum Gasteiger partial charge on any atom is 0.123 e. The Balaban J connectivity index is 2.04. The summed E-state index contributed by atoms with van der Waals surface area (Å²) >= 11 is 0. The number of hydrogen-bond donors (Lipinski definition) is 0. The summed E-state index contributed by atoms with van der Waals surface area (Å²) in [6, 6.07) is 6.63. The summed E-state index contributed by atoms with van der Waals surface area (Å²) in [5.74, 6) is 1.77. The maximum absolute atomic E-state index is 6.41. The van der Waals surface area contributed by atoms with Gasteiger partial charge >= 0.3 is 0 Å². The molecule has 0 unspecified atom stereocenters. The third-order valence-electron chi connectivity index (χ3n) is 5.16. The van der Waals surface area contributed by atoms with Crippen LogP contribution < -0.4 is 4.74 Å². The molecule has 1 fully saturated rings. The highest BCUT2D eigenvalue weighted by molar-refractivity contribution is 5.40. The van der Waals surface area contributed by atoms with Crippen molar-refractivity contribution < 1.29 is 4.74 Å². The van der Waals surface area contributed by atoms with Crippen LogP contribution in [0.3, 0.4) is 0 Å². The Labute approximate surface area is 111 Å². The first kappa shape index (κ1) is 12.1. The molecule has 1 aliphatic heterocycles. The molecule has 0 radical (unpaired) electrons. The molecule has 18 heavy (non-hydrogen) atoms. The largest absolute Gasteiger partial charge is 0.487 e. The summed E-state index contributed by atoms with van der Waals surface area (Å²) in [5, 5.41) is 0. The van der Waals surface area contributed by atoms with E-state index < -0.39 is 0 Å². The van der Waals surface area contributed by atoms with Crippen molar-refractivity contribution in [3.05, 3.63) is 29.3 Å². The van der Waals surface area contributed by atoms with Crippen molar-refractivity contribution in [1.82, 2.24) is 0 Å². The van der Waals surface area contributed by atoms with E-state index in [4.69, 9.17) is 4.74 Å². The summed E-state index contributed by atoms with van der Waals surface area (Å²) < 4.78 is 6.41. The van der Waals surface area contributed by atoms with Crippen LogP contribution in [0.2, 0.25) is 0 Å². The van der Waals surface area contributed by atoms with E-state index in [0.29, 0.717) is 11.3 Å². The Bertz CT molecular complexity index is 474. The van der Waals surface area contributed by atoms with Crippen molar-refractivity contribution in [3.8, 4) is 5.75 Å². The molecule has 0 spiro atoms. The van der Waals surface area contributed by atoms with Crippen LogP contribution in [-0.4, -0.2) is 5.60 Å². The number of fused-ring (bicyclic) bond motifs is 2. The van der Waals surface area contributed by atoms with Crippen LogP contribution in [0.25, 0.3) is 0 Å². The summed E-state index contributed by atoms with van der Waals surface area (Å²) in [6.07, 6.45) is 5.01. The first-order valence-corrected chi connectivity index (χ1v) is 7.19. The van der Waals surface area contributed by atoms with Crippen LogP contribution in [0.15, 0.2) is 18.2 Å². The molecule has 0 bridgehead atoms. The minimum Gasteiger partial charge on any atom is -0.487 e. The van der Waals surface area contributed by atoms with Gasteiger partial charge in [-0.05, 0) is 56.6 Å². The van der Waals surface area contributed by atoms with E-state index >= 15 is 0 Å². The molecule has 98 valence electrons. The van der Waals surface area contributed by atoms with Gasteiger partial charge in [-0.15, -0.1) is 0 Å². The molecule has 3 rings (SSSR count). The zero-order valence-corrected chi connectivity index (χ0v) is 12.0. The molecule has 2 atom stereocenters. The highest BCUT2D eigenvalue weighted by Crippen LogP contribution is 2.52. The highest BCUT2D eigenvalue weighted by Gasteiger charge is 2.50. The van der Waals surface area contributed by atoms with E-state index in [1.807, 2.05) is 0 Å². The zero-order chi connectivity index (χ0) is 13.0. The van der Waals surface area contributed by atoms with E-state index in [0.717, 1.165) is 5.75 Å². The van der Waals surface area contributed by atoms with Gasteiger partial charge in [0.1, 0.15) is 11.4 Å². The Morgan fingerprint density at radius 1 is 1.17 bits per heavy atom. The fourth-order valence-corrected chi connectivity index (χ4v) is 4.12. The van der Waals surface area contributed by atoms with Crippen LogP contribution in [0.5, 0.6) is 5.75 Å². The van der Waals surface area contributed by atoms with E-state index in [1.165, 1.54) is 36.8 Å². The third-order valence-corrected chi connectivity index (χ3v) is 5.16. The average Bonchev–Trinajstić information content (AvgIpc) is 2.27. The standard InChI is InChI=1S/C17H24O/c1-12-6-7-14-13(10-12)11-15-16(2,3)8-5-9-17(15,4)18-14/h6-7,10,15H,5,8-9,11H2,1-4H3/t15-,17-/m0/s1. The Kier molecular flexibility index (Phi) is 2.52. The van der Waals surface area contributed by atoms with Gasteiger partial charge in [0.05, 0.1) is 0 Å². The lowest BCUT2D eigenvalue weighted by molar-refractivity contribution is -0.0815. The molecule has 2 aliphatic rings. The summed E-state index contributed by atoms with van der Waals surface area (Å²) in [5.41, 5.74) is 3.19. The third kappa shape index (κ3) is 1.75.